The number of aryl methyl sites for hydroxylation is 1. The second kappa shape index (κ2) is 13.6. The van der Waals surface area contributed by atoms with E-state index >= 15 is 0 Å². The maximum atomic E-state index is 13.7. The monoisotopic (exact) mass is 584 g/mol. The molecule has 10 heteroatoms. The van der Waals surface area contributed by atoms with Crippen LogP contribution >= 0.6 is 0 Å². The summed E-state index contributed by atoms with van der Waals surface area (Å²) < 4.78 is 34.2. The standard InChI is InChI=1S/C32H32N4O5S/c1-4-41-30-16-9-8-15-29(30)36(42(39,40)28-19-17-23(2)18-20-28)22-31(37)35-34-24(3)26-13-10-14-27(21-26)33-32(38)25-11-6-5-7-12-25/h5-21H,4,22H2,1-3H3,(H,33,38)(H,35,37)/b34-24-. The number of rotatable bonds is 11. The van der Waals surface area contributed by atoms with Gasteiger partial charge in [-0.05, 0) is 74.9 Å². The molecule has 2 N–H and O–H groups in total. The van der Waals surface area contributed by atoms with Crippen molar-refractivity contribution in [2.75, 3.05) is 22.8 Å². The van der Waals surface area contributed by atoms with Crippen LogP contribution in [0.2, 0.25) is 0 Å². The van der Waals surface area contributed by atoms with Gasteiger partial charge in [0.1, 0.15) is 12.3 Å². The molecule has 2 amide bonds. The molecule has 0 aromatic heterocycles. The molecule has 0 heterocycles. The van der Waals surface area contributed by atoms with Crippen LogP contribution in [0.1, 0.15) is 35.3 Å². The van der Waals surface area contributed by atoms with Gasteiger partial charge in [-0.25, -0.2) is 13.8 Å². The maximum Gasteiger partial charge on any atom is 0.264 e. The number of hydrazone groups is 1. The quantitative estimate of drug-likeness (QED) is 0.181. The number of nitrogens with zero attached hydrogens (tertiary/aromatic N) is 2. The van der Waals surface area contributed by atoms with E-state index in [4.69, 9.17) is 4.74 Å². The number of ether oxygens (including phenoxy) is 1. The molecule has 216 valence electrons. The third-order valence-electron chi connectivity index (χ3n) is 6.25. The van der Waals surface area contributed by atoms with Crippen molar-refractivity contribution in [2.45, 2.75) is 25.7 Å². The summed E-state index contributed by atoms with van der Waals surface area (Å²) in [4.78, 5) is 25.7. The van der Waals surface area contributed by atoms with E-state index in [2.05, 4.69) is 15.8 Å². The van der Waals surface area contributed by atoms with Gasteiger partial charge in [-0.15, -0.1) is 0 Å². The van der Waals surface area contributed by atoms with Crippen LogP contribution < -0.4 is 19.8 Å². The fraction of sp³-hybridized carbons (Fsp3) is 0.156. The van der Waals surface area contributed by atoms with E-state index in [0.717, 1.165) is 9.87 Å². The van der Waals surface area contributed by atoms with Crippen molar-refractivity contribution >= 4 is 38.9 Å². The van der Waals surface area contributed by atoms with Gasteiger partial charge in [-0.1, -0.05) is 60.2 Å². The number of hydrogen-bond donors (Lipinski definition) is 2. The first-order chi connectivity index (χ1) is 20.2. The van der Waals surface area contributed by atoms with E-state index in [9.17, 15) is 18.0 Å². The number of carbonyl (C=O) groups excluding carboxylic acids is 2. The van der Waals surface area contributed by atoms with Crippen molar-refractivity contribution in [3.05, 3.63) is 120 Å². The fourth-order valence-corrected chi connectivity index (χ4v) is 5.50. The molecule has 0 aliphatic heterocycles. The molecule has 0 spiro atoms. The lowest BCUT2D eigenvalue weighted by molar-refractivity contribution is -0.119. The smallest absolute Gasteiger partial charge is 0.264 e. The van der Waals surface area contributed by atoms with Gasteiger partial charge >= 0.3 is 0 Å². The lowest BCUT2D eigenvalue weighted by Gasteiger charge is -2.25. The van der Waals surface area contributed by atoms with Gasteiger partial charge in [-0.2, -0.15) is 5.10 Å². The Bertz CT molecular complexity index is 1690. The number of hydrogen-bond acceptors (Lipinski definition) is 6. The van der Waals surface area contributed by atoms with E-state index in [1.807, 2.05) is 13.0 Å². The Hall–Kier alpha value is -4.96. The minimum absolute atomic E-state index is 0.0428. The van der Waals surface area contributed by atoms with Gasteiger partial charge in [0.2, 0.25) is 0 Å². The molecule has 0 atom stereocenters. The number of benzene rings is 4. The Morgan fingerprint density at radius 1 is 0.857 bits per heavy atom. The maximum absolute atomic E-state index is 13.7. The molecule has 0 fully saturated rings. The van der Waals surface area contributed by atoms with Crippen molar-refractivity contribution in [2.24, 2.45) is 5.10 Å². The summed E-state index contributed by atoms with van der Waals surface area (Å²) in [5.74, 6) is -0.569. The third-order valence-corrected chi connectivity index (χ3v) is 8.03. The molecule has 4 aromatic carbocycles. The molecular weight excluding hydrogens is 552 g/mol. The molecule has 4 aromatic rings. The summed E-state index contributed by atoms with van der Waals surface area (Å²) in [6.45, 7) is 5.13. The fourth-order valence-electron chi connectivity index (χ4n) is 4.07. The second-order valence-corrected chi connectivity index (χ2v) is 11.2. The van der Waals surface area contributed by atoms with E-state index < -0.39 is 22.5 Å². The summed E-state index contributed by atoms with van der Waals surface area (Å²) in [6.07, 6.45) is 0. The molecule has 0 saturated heterocycles. The van der Waals surface area contributed by atoms with E-state index in [1.54, 1.807) is 98.8 Å². The average Bonchev–Trinajstić information content (AvgIpc) is 3.00. The zero-order chi connectivity index (χ0) is 30.1. The van der Waals surface area contributed by atoms with Crippen LogP contribution in [0.3, 0.4) is 0 Å². The Balaban J connectivity index is 1.54. The van der Waals surface area contributed by atoms with Crippen molar-refractivity contribution in [3.63, 3.8) is 0 Å². The molecule has 42 heavy (non-hydrogen) atoms. The number of carbonyl (C=O) groups is 2. The summed E-state index contributed by atoms with van der Waals surface area (Å²) in [6, 6.07) is 28.9. The first kappa shape index (κ1) is 30.0. The van der Waals surface area contributed by atoms with Crippen LogP contribution in [0.5, 0.6) is 5.75 Å². The zero-order valence-electron chi connectivity index (χ0n) is 23.6. The van der Waals surface area contributed by atoms with Crippen LogP contribution in [-0.4, -0.2) is 39.1 Å². The van der Waals surface area contributed by atoms with Crippen molar-refractivity contribution in [1.29, 1.82) is 0 Å². The first-order valence-corrected chi connectivity index (χ1v) is 14.7. The highest BCUT2D eigenvalue weighted by Gasteiger charge is 2.29. The average molecular weight is 585 g/mol. The highest BCUT2D eigenvalue weighted by Crippen LogP contribution is 2.32. The van der Waals surface area contributed by atoms with Crippen LogP contribution in [0, 0.1) is 6.92 Å². The highest BCUT2D eigenvalue weighted by atomic mass is 32.2. The zero-order valence-corrected chi connectivity index (χ0v) is 24.4. The topological polar surface area (TPSA) is 117 Å². The predicted molar refractivity (Wildman–Crippen MR) is 165 cm³/mol. The minimum atomic E-state index is -4.13. The molecule has 0 unspecified atom stereocenters. The Morgan fingerprint density at radius 2 is 1.52 bits per heavy atom. The molecule has 0 aliphatic carbocycles. The molecule has 4 rings (SSSR count). The van der Waals surface area contributed by atoms with Crippen molar-refractivity contribution in [1.82, 2.24) is 5.43 Å². The molecule has 0 radical (unpaired) electrons. The van der Waals surface area contributed by atoms with E-state index in [1.165, 1.54) is 12.1 Å². The number of sulfonamides is 1. The van der Waals surface area contributed by atoms with Crippen molar-refractivity contribution < 1.29 is 22.7 Å². The molecular formula is C32H32N4O5S. The van der Waals surface area contributed by atoms with E-state index in [0.29, 0.717) is 34.9 Å². The Morgan fingerprint density at radius 3 is 2.24 bits per heavy atom. The van der Waals surface area contributed by atoms with E-state index in [-0.39, 0.29) is 16.5 Å². The molecule has 0 saturated carbocycles. The molecule has 0 aliphatic rings. The van der Waals surface area contributed by atoms with Crippen LogP contribution in [-0.2, 0) is 14.8 Å². The highest BCUT2D eigenvalue weighted by molar-refractivity contribution is 7.92. The van der Waals surface area contributed by atoms with Gasteiger partial charge in [0.05, 0.1) is 22.9 Å². The number of anilines is 2. The number of para-hydroxylation sites is 2. The molecule has 0 bridgehead atoms. The first-order valence-electron chi connectivity index (χ1n) is 13.3. The van der Waals surface area contributed by atoms with Gasteiger partial charge in [0.15, 0.2) is 0 Å². The largest absolute Gasteiger partial charge is 0.492 e. The van der Waals surface area contributed by atoms with Gasteiger partial charge < -0.3 is 10.1 Å². The normalized spacial score (nSPS) is 11.5. The lowest BCUT2D eigenvalue weighted by Crippen LogP contribution is -2.40. The third kappa shape index (κ3) is 7.41. The number of amides is 2. The summed E-state index contributed by atoms with van der Waals surface area (Å²) >= 11 is 0. The summed E-state index contributed by atoms with van der Waals surface area (Å²) in [5, 5.41) is 7.04. The summed E-state index contributed by atoms with van der Waals surface area (Å²) in [5.41, 5.74) is 5.81. The SMILES string of the molecule is CCOc1ccccc1N(CC(=O)N/N=C(/C)c1cccc(NC(=O)c2ccccc2)c1)S(=O)(=O)c1ccc(C)cc1. The number of nitrogens with one attached hydrogen (secondary N) is 2. The van der Waals surface area contributed by atoms with Gasteiger partial charge in [0, 0.05) is 11.3 Å². The predicted octanol–water partition coefficient (Wildman–Crippen LogP) is 5.38. The van der Waals surface area contributed by atoms with Gasteiger partial charge in [-0.3, -0.25) is 13.9 Å². The van der Waals surface area contributed by atoms with Crippen LogP contribution in [0.4, 0.5) is 11.4 Å². The minimum Gasteiger partial charge on any atom is -0.492 e. The molecule has 9 nitrogen and oxygen atoms in total. The second-order valence-electron chi connectivity index (χ2n) is 9.36. The van der Waals surface area contributed by atoms with Crippen LogP contribution in [0.15, 0.2) is 113 Å². The summed E-state index contributed by atoms with van der Waals surface area (Å²) in [7, 11) is -4.13. The van der Waals surface area contributed by atoms with Crippen molar-refractivity contribution in [3.8, 4) is 5.75 Å². The lowest BCUT2D eigenvalue weighted by atomic mass is 10.1. The Labute approximate surface area is 245 Å². The Kier molecular flexibility index (Phi) is 9.72. The van der Waals surface area contributed by atoms with Crippen LogP contribution in [0.25, 0.3) is 0 Å². The van der Waals surface area contributed by atoms with Gasteiger partial charge in [0.25, 0.3) is 21.8 Å².